The Balaban J connectivity index is 1.50. The molecule has 0 radical (unpaired) electrons. The van der Waals surface area contributed by atoms with Crippen LogP contribution >= 0.6 is 27.3 Å². The number of halogens is 1. The zero-order valence-corrected chi connectivity index (χ0v) is 15.0. The Morgan fingerprint density at radius 2 is 2.10 bits per heavy atom. The van der Waals surface area contributed by atoms with E-state index in [0.717, 1.165) is 18.5 Å². The van der Waals surface area contributed by atoms with Crippen LogP contribution in [-0.2, 0) is 6.54 Å². The molecule has 0 bridgehead atoms. The minimum atomic E-state index is 0.429. The molecule has 116 valence electrons. The van der Waals surface area contributed by atoms with Gasteiger partial charge in [-0.05, 0) is 53.6 Å². The summed E-state index contributed by atoms with van der Waals surface area (Å²) < 4.78 is 1.24. The van der Waals surface area contributed by atoms with Crippen molar-refractivity contribution in [2.75, 3.05) is 13.1 Å². The topological polar surface area (TPSA) is 15.3 Å². The van der Waals surface area contributed by atoms with E-state index in [0.29, 0.717) is 5.54 Å². The van der Waals surface area contributed by atoms with Gasteiger partial charge in [-0.15, -0.1) is 11.3 Å². The Morgan fingerprint density at radius 3 is 2.76 bits per heavy atom. The Bertz CT molecular complexity index is 491. The van der Waals surface area contributed by atoms with Gasteiger partial charge >= 0.3 is 0 Å². The Morgan fingerprint density at radius 1 is 1.29 bits per heavy atom. The molecule has 4 heteroatoms. The molecule has 0 amide bonds. The molecule has 0 aromatic carbocycles. The zero-order valence-electron chi connectivity index (χ0n) is 12.6. The fraction of sp³-hybridized carbons (Fsp3) is 0.765. The van der Waals surface area contributed by atoms with Gasteiger partial charge in [0.05, 0.1) is 0 Å². The second kappa shape index (κ2) is 5.95. The van der Waals surface area contributed by atoms with Gasteiger partial charge in [0.15, 0.2) is 0 Å². The van der Waals surface area contributed by atoms with Crippen molar-refractivity contribution < 1.29 is 0 Å². The minimum Gasteiger partial charge on any atom is -0.308 e. The quantitative estimate of drug-likeness (QED) is 0.850. The summed E-state index contributed by atoms with van der Waals surface area (Å²) in [5.74, 6) is 0.960. The van der Waals surface area contributed by atoms with Crippen LogP contribution in [0, 0.1) is 5.92 Å². The van der Waals surface area contributed by atoms with Crippen molar-refractivity contribution in [3.05, 3.63) is 20.8 Å². The second-order valence-electron chi connectivity index (χ2n) is 7.26. The van der Waals surface area contributed by atoms with Crippen LogP contribution in [0.2, 0.25) is 0 Å². The molecule has 3 fully saturated rings. The number of hydrogen-bond donors (Lipinski definition) is 1. The van der Waals surface area contributed by atoms with Gasteiger partial charge in [-0.25, -0.2) is 0 Å². The molecule has 21 heavy (non-hydrogen) atoms. The molecule has 1 unspecified atom stereocenters. The van der Waals surface area contributed by atoms with Gasteiger partial charge in [-0.3, -0.25) is 4.90 Å². The van der Waals surface area contributed by atoms with Crippen molar-refractivity contribution in [3.8, 4) is 0 Å². The fourth-order valence-electron chi connectivity index (χ4n) is 4.33. The average Bonchev–Trinajstić information content (AvgIpc) is 3.23. The first kappa shape index (κ1) is 14.7. The third-order valence-electron chi connectivity index (χ3n) is 5.62. The summed E-state index contributed by atoms with van der Waals surface area (Å²) in [7, 11) is 0. The van der Waals surface area contributed by atoms with Crippen molar-refractivity contribution in [2.24, 2.45) is 5.92 Å². The van der Waals surface area contributed by atoms with E-state index in [4.69, 9.17) is 0 Å². The molecule has 1 atom stereocenters. The van der Waals surface area contributed by atoms with Gasteiger partial charge in [-0.1, -0.05) is 19.3 Å². The molecule has 1 N–H and O–H groups in total. The summed E-state index contributed by atoms with van der Waals surface area (Å²) in [5.41, 5.74) is 0.429. The van der Waals surface area contributed by atoms with Crippen molar-refractivity contribution in [2.45, 2.75) is 63.1 Å². The lowest BCUT2D eigenvalue weighted by Gasteiger charge is -2.50. The predicted octanol–water partition coefficient (Wildman–Crippen LogP) is 4.40. The molecule has 3 aliphatic rings. The molecule has 1 aromatic rings. The molecular weight excluding hydrogens is 344 g/mol. The third-order valence-corrected chi connectivity index (χ3v) is 7.30. The van der Waals surface area contributed by atoms with Crippen LogP contribution in [-0.4, -0.2) is 29.6 Å². The van der Waals surface area contributed by atoms with Crippen molar-refractivity contribution in [1.82, 2.24) is 10.2 Å². The highest BCUT2D eigenvalue weighted by molar-refractivity contribution is 9.10. The number of nitrogens with zero attached hydrogens (tertiary/aromatic N) is 1. The molecule has 2 saturated carbocycles. The molecule has 2 aliphatic carbocycles. The first-order valence-corrected chi connectivity index (χ1v) is 10.1. The summed E-state index contributed by atoms with van der Waals surface area (Å²) in [6.45, 7) is 3.64. The molecule has 1 aromatic heterocycles. The van der Waals surface area contributed by atoms with Crippen molar-refractivity contribution in [1.29, 1.82) is 0 Å². The Kier molecular flexibility index (Phi) is 4.16. The molecule has 4 rings (SSSR count). The van der Waals surface area contributed by atoms with Gasteiger partial charge in [0.2, 0.25) is 0 Å². The van der Waals surface area contributed by atoms with Crippen LogP contribution in [0.1, 0.15) is 49.8 Å². The highest BCUT2D eigenvalue weighted by atomic mass is 79.9. The van der Waals surface area contributed by atoms with Crippen LogP contribution in [0.25, 0.3) is 0 Å². The van der Waals surface area contributed by atoms with E-state index in [2.05, 4.69) is 37.6 Å². The number of rotatable bonds is 3. The predicted molar refractivity (Wildman–Crippen MR) is 92.8 cm³/mol. The normalized spacial score (nSPS) is 29.9. The largest absolute Gasteiger partial charge is 0.308 e. The summed E-state index contributed by atoms with van der Waals surface area (Å²) in [6.07, 6.45) is 9.93. The third kappa shape index (κ3) is 3.24. The van der Waals surface area contributed by atoms with Crippen LogP contribution in [0.15, 0.2) is 15.9 Å². The van der Waals surface area contributed by atoms with E-state index >= 15 is 0 Å². The first-order chi connectivity index (χ1) is 10.2. The van der Waals surface area contributed by atoms with E-state index in [9.17, 15) is 0 Å². The Hall–Kier alpha value is 0.1000. The van der Waals surface area contributed by atoms with E-state index in [1.807, 2.05) is 11.3 Å². The minimum absolute atomic E-state index is 0.429. The lowest BCUT2D eigenvalue weighted by molar-refractivity contribution is 0.0415. The average molecular weight is 369 g/mol. The smallest absolute Gasteiger partial charge is 0.0332 e. The lowest BCUT2D eigenvalue weighted by atomic mass is 9.79. The number of nitrogens with one attached hydrogen (secondary N) is 1. The summed E-state index contributed by atoms with van der Waals surface area (Å²) in [6, 6.07) is 3.09. The summed E-state index contributed by atoms with van der Waals surface area (Å²) >= 11 is 5.51. The maximum absolute atomic E-state index is 3.98. The number of thiophene rings is 1. The van der Waals surface area contributed by atoms with Crippen LogP contribution in [0.5, 0.6) is 0 Å². The van der Waals surface area contributed by atoms with Crippen LogP contribution in [0.3, 0.4) is 0 Å². The van der Waals surface area contributed by atoms with Gasteiger partial charge in [-0.2, -0.15) is 0 Å². The SMILES string of the molecule is Brc1csc(CN2CC3(CCCCC3)NCC2C2CC2)c1. The maximum Gasteiger partial charge on any atom is 0.0332 e. The fourth-order valence-corrected chi connectivity index (χ4v) is 5.81. The molecule has 2 nitrogen and oxygen atoms in total. The Labute approximate surface area is 140 Å². The number of hydrogen-bond acceptors (Lipinski definition) is 3. The standard InChI is InChI=1S/C17H25BrN2S/c18-14-8-15(21-11-14)10-20-12-17(6-2-1-3-7-17)19-9-16(20)13-4-5-13/h8,11,13,16,19H,1-7,9-10,12H2. The molecule has 1 spiro atoms. The van der Waals surface area contributed by atoms with E-state index in [1.165, 1.54) is 67.4 Å². The van der Waals surface area contributed by atoms with Crippen molar-refractivity contribution >= 4 is 27.3 Å². The van der Waals surface area contributed by atoms with E-state index < -0.39 is 0 Å². The van der Waals surface area contributed by atoms with Crippen molar-refractivity contribution in [3.63, 3.8) is 0 Å². The van der Waals surface area contributed by atoms with Gasteiger partial charge in [0.25, 0.3) is 0 Å². The second-order valence-corrected chi connectivity index (χ2v) is 9.17. The molecule has 1 aliphatic heterocycles. The van der Waals surface area contributed by atoms with Gasteiger partial charge in [0, 0.05) is 45.9 Å². The van der Waals surface area contributed by atoms with Gasteiger partial charge < -0.3 is 5.32 Å². The zero-order chi connectivity index (χ0) is 14.3. The van der Waals surface area contributed by atoms with Crippen LogP contribution in [0.4, 0.5) is 0 Å². The summed E-state index contributed by atoms with van der Waals surface area (Å²) in [5, 5.41) is 6.20. The lowest BCUT2D eigenvalue weighted by Crippen LogP contribution is -2.64. The molecule has 1 saturated heterocycles. The first-order valence-electron chi connectivity index (χ1n) is 8.46. The van der Waals surface area contributed by atoms with Gasteiger partial charge in [0.1, 0.15) is 0 Å². The summed E-state index contributed by atoms with van der Waals surface area (Å²) in [4.78, 5) is 4.33. The number of piperazine rings is 1. The van der Waals surface area contributed by atoms with E-state index in [-0.39, 0.29) is 0 Å². The highest BCUT2D eigenvalue weighted by Crippen LogP contribution is 2.40. The van der Waals surface area contributed by atoms with E-state index in [1.54, 1.807) is 0 Å². The monoisotopic (exact) mass is 368 g/mol. The van der Waals surface area contributed by atoms with Crippen LogP contribution < -0.4 is 5.32 Å². The highest BCUT2D eigenvalue weighted by Gasteiger charge is 2.44. The maximum atomic E-state index is 3.98. The molecular formula is C17H25BrN2S. The molecule has 2 heterocycles.